The van der Waals surface area contributed by atoms with Crippen molar-refractivity contribution in [2.45, 2.75) is 6.92 Å². The number of ketones is 1. The fourth-order valence-corrected chi connectivity index (χ4v) is 2.69. The van der Waals surface area contributed by atoms with Crippen molar-refractivity contribution >= 4 is 16.7 Å². The van der Waals surface area contributed by atoms with Gasteiger partial charge in [0.1, 0.15) is 0 Å². The van der Waals surface area contributed by atoms with Crippen LogP contribution in [-0.2, 0) is 0 Å². The molecule has 2 nitrogen and oxygen atoms in total. The van der Waals surface area contributed by atoms with Crippen LogP contribution in [0.3, 0.4) is 0 Å². The fraction of sp³-hybridized carbons (Fsp3) is 0.0588. The molecule has 0 aliphatic heterocycles. The third kappa shape index (κ3) is 1.37. The summed E-state index contributed by atoms with van der Waals surface area (Å²) in [4.78, 5) is 17.0. The third-order valence-corrected chi connectivity index (χ3v) is 3.64. The number of hydrogen-bond acceptors (Lipinski definition) is 2. The van der Waals surface area contributed by atoms with Gasteiger partial charge in [0.05, 0.1) is 11.2 Å². The standard InChI is InChI=1S/C17H11NO/c1-10-6-7-11-9-14-16(18-15(11)8-10)12-4-2-3-5-13(12)17(14)19/h2-9H,1H3. The Balaban J connectivity index is 2.11. The van der Waals surface area contributed by atoms with Gasteiger partial charge in [-0.2, -0.15) is 0 Å². The topological polar surface area (TPSA) is 30.0 Å². The number of hydrogen-bond donors (Lipinski definition) is 0. The maximum Gasteiger partial charge on any atom is 0.195 e. The summed E-state index contributed by atoms with van der Waals surface area (Å²) in [5, 5.41) is 1.02. The first kappa shape index (κ1) is 10.4. The Morgan fingerprint density at radius 3 is 2.53 bits per heavy atom. The van der Waals surface area contributed by atoms with Crippen molar-refractivity contribution in [3.8, 4) is 11.3 Å². The summed E-state index contributed by atoms with van der Waals surface area (Å²) >= 11 is 0. The molecular weight excluding hydrogens is 234 g/mol. The predicted molar refractivity (Wildman–Crippen MR) is 75.3 cm³/mol. The number of nitrogens with zero attached hydrogens (tertiary/aromatic N) is 1. The zero-order valence-electron chi connectivity index (χ0n) is 10.5. The van der Waals surface area contributed by atoms with Gasteiger partial charge in [-0.25, -0.2) is 4.98 Å². The number of aryl methyl sites for hydroxylation is 1. The van der Waals surface area contributed by atoms with E-state index in [1.54, 1.807) is 0 Å². The van der Waals surface area contributed by atoms with Crippen LogP contribution >= 0.6 is 0 Å². The molecule has 0 spiro atoms. The van der Waals surface area contributed by atoms with Crippen LogP contribution in [-0.4, -0.2) is 10.8 Å². The molecule has 19 heavy (non-hydrogen) atoms. The fourth-order valence-electron chi connectivity index (χ4n) is 2.69. The minimum absolute atomic E-state index is 0.0839. The molecule has 90 valence electrons. The highest BCUT2D eigenvalue weighted by Gasteiger charge is 2.27. The van der Waals surface area contributed by atoms with Crippen molar-refractivity contribution in [1.82, 2.24) is 4.98 Å². The quantitative estimate of drug-likeness (QED) is 0.472. The van der Waals surface area contributed by atoms with Crippen molar-refractivity contribution < 1.29 is 4.79 Å². The van der Waals surface area contributed by atoms with Crippen molar-refractivity contribution in [3.63, 3.8) is 0 Å². The average molecular weight is 245 g/mol. The molecule has 4 rings (SSSR count). The maximum atomic E-state index is 12.4. The van der Waals surface area contributed by atoms with Crippen LogP contribution in [0.15, 0.2) is 48.5 Å². The Hall–Kier alpha value is -2.48. The lowest BCUT2D eigenvalue weighted by atomic mass is 10.1. The molecule has 0 saturated heterocycles. The van der Waals surface area contributed by atoms with Gasteiger partial charge in [0.15, 0.2) is 5.78 Å². The number of benzene rings is 2. The molecule has 0 radical (unpaired) electrons. The van der Waals surface area contributed by atoms with Gasteiger partial charge in [0.2, 0.25) is 0 Å². The van der Waals surface area contributed by atoms with Gasteiger partial charge < -0.3 is 0 Å². The lowest BCUT2D eigenvalue weighted by Crippen LogP contribution is -1.95. The lowest BCUT2D eigenvalue weighted by Gasteiger charge is -2.03. The molecule has 2 aromatic carbocycles. The summed E-state index contributed by atoms with van der Waals surface area (Å²) in [5.41, 5.74) is 5.37. The molecule has 0 amide bonds. The number of carbonyl (C=O) groups is 1. The highest BCUT2D eigenvalue weighted by molar-refractivity contribution is 6.22. The molecular formula is C17H11NO. The molecule has 1 aliphatic carbocycles. The first-order valence-electron chi connectivity index (χ1n) is 6.29. The van der Waals surface area contributed by atoms with Gasteiger partial charge in [0, 0.05) is 22.1 Å². The summed E-state index contributed by atoms with van der Waals surface area (Å²) in [6, 6.07) is 15.8. The Labute approximate surface area is 110 Å². The van der Waals surface area contributed by atoms with Crippen LogP contribution in [0.1, 0.15) is 21.5 Å². The number of carbonyl (C=O) groups excluding carboxylic acids is 1. The summed E-state index contributed by atoms with van der Waals surface area (Å²) < 4.78 is 0. The molecule has 0 unspecified atom stereocenters. The minimum Gasteiger partial charge on any atom is -0.289 e. The lowest BCUT2D eigenvalue weighted by molar-refractivity contribution is 0.104. The van der Waals surface area contributed by atoms with E-state index in [4.69, 9.17) is 0 Å². The second-order valence-corrected chi connectivity index (χ2v) is 4.96. The normalized spacial score (nSPS) is 12.6. The Morgan fingerprint density at radius 2 is 1.68 bits per heavy atom. The van der Waals surface area contributed by atoms with E-state index in [1.165, 1.54) is 5.56 Å². The van der Waals surface area contributed by atoms with E-state index in [0.29, 0.717) is 0 Å². The molecule has 2 heteroatoms. The van der Waals surface area contributed by atoms with Gasteiger partial charge in [-0.1, -0.05) is 36.4 Å². The Bertz CT molecular complexity index is 849. The van der Waals surface area contributed by atoms with Crippen molar-refractivity contribution in [3.05, 3.63) is 65.2 Å². The van der Waals surface area contributed by atoms with E-state index in [2.05, 4.69) is 11.1 Å². The zero-order valence-corrected chi connectivity index (χ0v) is 10.5. The summed E-state index contributed by atoms with van der Waals surface area (Å²) in [5.74, 6) is 0.0839. The van der Waals surface area contributed by atoms with Crippen molar-refractivity contribution in [2.24, 2.45) is 0 Å². The monoisotopic (exact) mass is 245 g/mol. The Morgan fingerprint density at radius 1 is 0.895 bits per heavy atom. The second-order valence-electron chi connectivity index (χ2n) is 4.96. The zero-order chi connectivity index (χ0) is 13.0. The SMILES string of the molecule is Cc1ccc2cc3c(nc2c1)-c1ccccc1C3=O. The van der Waals surface area contributed by atoms with E-state index in [-0.39, 0.29) is 5.78 Å². The van der Waals surface area contributed by atoms with E-state index in [1.807, 2.05) is 49.4 Å². The van der Waals surface area contributed by atoms with Crippen LogP contribution in [0.4, 0.5) is 0 Å². The number of aromatic nitrogens is 1. The van der Waals surface area contributed by atoms with E-state index in [0.717, 1.165) is 33.3 Å². The third-order valence-electron chi connectivity index (χ3n) is 3.64. The first-order chi connectivity index (χ1) is 9.24. The van der Waals surface area contributed by atoms with E-state index in [9.17, 15) is 4.79 Å². The van der Waals surface area contributed by atoms with Crippen LogP contribution in [0.2, 0.25) is 0 Å². The molecule has 0 fully saturated rings. The average Bonchev–Trinajstić information content (AvgIpc) is 2.70. The molecule has 1 aliphatic rings. The van der Waals surface area contributed by atoms with Gasteiger partial charge >= 0.3 is 0 Å². The van der Waals surface area contributed by atoms with Gasteiger partial charge in [0.25, 0.3) is 0 Å². The highest BCUT2D eigenvalue weighted by atomic mass is 16.1. The van der Waals surface area contributed by atoms with Gasteiger partial charge in [-0.3, -0.25) is 4.79 Å². The van der Waals surface area contributed by atoms with Gasteiger partial charge in [-0.15, -0.1) is 0 Å². The number of rotatable bonds is 0. The molecule has 1 aromatic heterocycles. The smallest absolute Gasteiger partial charge is 0.195 e. The summed E-state index contributed by atoms with van der Waals surface area (Å²) in [6.45, 7) is 2.05. The molecule has 0 bridgehead atoms. The van der Waals surface area contributed by atoms with E-state index < -0.39 is 0 Å². The largest absolute Gasteiger partial charge is 0.289 e. The first-order valence-corrected chi connectivity index (χ1v) is 6.29. The molecule has 3 aromatic rings. The summed E-state index contributed by atoms with van der Waals surface area (Å²) in [6.07, 6.45) is 0. The molecule has 1 heterocycles. The number of pyridine rings is 1. The predicted octanol–water partition coefficient (Wildman–Crippen LogP) is 3.75. The van der Waals surface area contributed by atoms with Crippen LogP contribution in [0, 0.1) is 6.92 Å². The highest BCUT2D eigenvalue weighted by Crippen LogP contribution is 2.36. The minimum atomic E-state index is 0.0839. The van der Waals surface area contributed by atoms with Crippen molar-refractivity contribution in [1.29, 1.82) is 0 Å². The second kappa shape index (κ2) is 3.51. The summed E-state index contributed by atoms with van der Waals surface area (Å²) in [7, 11) is 0. The number of fused-ring (bicyclic) bond motifs is 4. The van der Waals surface area contributed by atoms with Crippen LogP contribution < -0.4 is 0 Å². The molecule has 0 N–H and O–H groups in total. The van der Waals surface area contributed by atoms with Crippen LogP contribution in [0.25, 0.3) is 22.2 Å². The van der Waals surface area contributed by atoms with E-state index >= 15 is 0 Å². The molecule has 0 saturated carbocycles. The van der Waals surface area contributed by atoms with Crippen molar-refractivity contribution in [2.75, 3.05) is 0 Å². The Kier molecular flexibility index (Phi) is 1.93. The maximum absolute atomic E-state index is 12.4. The van der Waals surface area contributed by atoms with Crippen LogP contribution in [0.5, 0.6) is 0 Å². The molecule has 0 atom stereocenters. The van der Waals surface area contributed by atoms with Gasteiger partial charge in [-0.05, 0) is 24.6 Å².